The SMILES string of the molecule is N#Cc1ccc(-n2c3ccccc3c3cc(-c4cc(-c5nc(-c6ccccc6)cc(-c6ccccc6)n5)ccc4-n4c5ccccc5c5ccccc54)ccc32)c(-c2nc(-c3ccccc3)cc(-c3ccccc3)n2)c1. The van der Waals surface area contributed by atoms with E-state index >= 15 is 0 Å². The predicted octanol–water partition coefficient (Wildman–Crippen LogP) is 17.0. The predicted molar refractivity (Wildman–Crippen MR) is 309 cm³/mol. The Balaban J connectivity index is 1.00. The van der Waals surface area contributed by atoms with Gasteiger partial charge in [0.2, 0.25) is 0 Å². The zero-order chi connectivity index (χ0) is 50.5. The van der Waals surface area contributed by atoms with Gasteiger partial charge >= 0.3 is 0 Å². The van der Waals surface area contributed by atoms with Crippen LogP contribution in [0.1, 0.15) is 5.56 Å². The molecule has 14 aromatic rings. The van der Waals surface area contributed by atoms with Crippen LogP contribution >= 0.6 is 0 Å². The largest absolute Gasteiger partial charge is 0.309 e. The number of benzene rings is 10. The Hall–Kier alpha value is -10.6. The topological polar surface area (TPSA) is 85.2 Å². The number of nitriles is 1. The monoisotopic (exact) mass is 969 g/mol. The molecule has 0 atom stereocenters. The van der Waals surface area contributed by atoms with Gasteiger partial charge in [0.1, 0.15) is 0 Å². The summed E-state index contributed by atoms with van der Waals surface area (Å²) in [6.07, 6.45) is 0. The quantitative estimate of drug-likeness (QED) is 0.144. The maximum absolute atomic E-state index is 10.4. The lowest BCUT2D eigenvalue weighted by Crippen LogP contribution is -2.02. The smallest absolute Gasteiger partial charge is 0.162 e. The fourth-order valence-electron chi connectivity index (χ4n) is 10.8. The molecular weight excluding hydrogens is 927 g/mol. The minimum Gasteiger partial charge on any atom is -0.309 e. The van der Waals surface area contributed by atoms with E-state index in [-0.39, 0.29) is 0 Å². The first-order valence-electron chi connectivity index (χ1n) is 25.3. The summed E-state index contributed by atoms with van der Waals surface area (Å²) in [6.45, 7) is 0. The van der Waals surface area contributed by atoms with Crippen LogP contribution in [-0.2, 0) is 0 Å². The van der Waals surface area contributed by atoms with E-state index in [1.807, 2.05) is 97.1 Å². The normalized spacial score (nSPS) is 11.4. The number of fused-ring (bicyclic) bond motifs is 6. The third-order valence-corrected chi connectivity index (χ3v) is 14.4. The van der Waals surface area contributed by atoms with Crippen molar-refractivity contribution in [2.45, 2.75) is 0 Å². The van der Waals surface area contributed by atoms with Crippen molar-refractivity contribution in [2.24, 2.45) is 0 Å². The molecule has 7 nitrogen and oxygen atoms in total. The number of nitrogens with zero attached hydrogens (tertiary/aromatic N) is 7. The van der Waals surface area contributed by atoms with E-state index in [1.54, 1.807) is 0 Å². The summed E-state index contributed by atoms with van der Waals surface area (Å²) in [6, 6.07) is 92.7. The second kappa shape index (κ2) is 18.5. The van der Waals surface area contributed by atoms with Crippen LogP contribution in [0.4, 0.5) is 0 Å². The minimum atomic E-state index is 0.517. The maximum Gasteiger partial charge on any atom is 0.162 e. The van der Waals surface area contributed by atoms with Gasteiger partial charge < -0.3 is 9.13 Å². The molecule has 76 heavy (non-hydrogen) atoms. The molecule has 0 fully saturated rings. The molecule has 0 saturated carbocycles. The summed E-state index contributed by atoms with van der Waals surface area (Å²) >= 11 is 0. The average molecular weight is 970 g/mol. The van der Waals surface area contributed by atoms with E-state index in [4.69, 9.17) is 19.9 Å². The summed E-state index contributed by atoms with van der Waals surface area (Å²) in [4.78, 5) is 21.1. The molecule has 0 aliphatic heterocycles. The van der Waals surface area contributed by atoms with Crippen molar-refractivity contribution in [1.29, 1.82) is 5.26 Å². The third-order valence-electron chi connectivity index (χ3n) is 14.4. The van der Waals surface area contributed by atoms with Crippen LogP contribution in [-0.4, -0.2) is 29.1 Å². The van der Waals surface area contributed by atoms with Gasteiger partial charge in [0.05, 0.1) is 67.8 Å². The van der Waals surface area contributed by atoms with Crippen LogP contribution in [0.2, 0.25) is 0 Å². The van der Waals surface area contributed by atoms with E-state index < -0.39 is 0 Å². The molecule has 4 heterocycles. The van der Waals surface area contributed by atoms with Gasteiger partial charge in [-0.15, -0.1) is 0 Å². The first-order chi connectivity index (χ1) is 37.6. The number of rotatable bonds is 9. The van der Waals surface area contributed by atoms with E-state index in [9.17, 15) is 5.26 Å². The van der Waals surface area contributed by atoms with Crippen LogP contribution in [0.5, 0.6) is 0 Å². The van der Waals surface area contributed by atoms with Gasteiger partial charge in [0.15, 0.2) is 11.6 Å². The van der Waals surface area contributed by atoms with Crippen LogP contribution in [0.15, 0.2) is 261 Å². The summed E-state index contributed by atoms with van der Waals surface area (Å²) in [7, 11) is 0. The average Bonchev–Trinajstić information content (AvgIpc) is 4.11. The van der Waals surface area contributed by atoms with Gasteiger partial charge in [-0.05, 0) is 84.4 Å². The van der Waals surface area contributed by atoms with Gasteiger partial charge in [0, 0.05) is 60.5 Å². The van der Waals surface area contributed by atoms with E-state index in [2.05, 4.69) is 179 Å². The molecule has 0 N–H and O–H groups in total. The van der Waals surface area contributed by atoms with Crippen molar-refractivity contribution in [3.8, 4) is 96.4 Å². The molecule has 0 saturated heterocycles. The molecular formula is C69H43N7. The Morgan fingerprint density at radius 3 is 1.13 bits per heavy atom. The highest BCUT2D eigenvalue weighted by atomic mass is 15.0. The molecule has 14 rings (SSSR count). The summed E-state index contributed by atoms with van der Waals surface area (Å²) in [5, 5.41) is 14.9. The first-order valence-corrected chi connectivity index (χ1v) is 25.3. The molecule has 0 aliphatic carbocycles. The molecule has 7 heteroatoms. The number of hydrogen-bond acceptors (Lipinski definition) is 5. The summed E-state index contributed by atoms with van der Waals surface area (Å²) in [5.41, 5.74) is 17.6. The van der Waals surface area contributed by atoms with Gasteiger partial charge in [-0.25, -0.2) is 19.9 Å². The van der Waals surface area contributed by atoms with Crippen molar-refractivity contribution in [1.82, 2.24) is 29.1 Å². The molecule has 0 aliphatic rings. The second-order valence-electron chi connectivity index (χ2n) is 18.9. The Morgan fingerprint density at radius 1 is 0.276 bits per heavy atom. The number of hydrogen-bond donors (Lipinski definition) is 0. The molecule has 0 spiro atoms. The lowest BCUT2D eigenvalue weighted by atomic mass is 9.98. The zero-order valence-electron chi connectivity index (χ0n) is 41.0. The van der Waals surface area contributed by atoms with E-state index in [0.29, 0.717) is 17.2 Å². The van der Waals surface area contributed by atoms with E-state index in [0.717, 1.165) is 111 Å². The maximum atomic E-state index is 10.4. The van der Waals surface area contributed by atoms with Gasteiger partial charge in [-0.3, -0.25) is 0 Å². The minimum absolute atomic E-state index is 0.517. The third kappa shape index (κ3) is 7.68. The number of aromatic nitrogens is 6. The Morgan fingerprint density at radius 2 is 0.658 bits per heavy atom. The second-order valence-corrected chi connectivity index (χ2v) is 18.9. The molecule has 0 amide bonds. The summed E-state index contributed by atoms with van der Waals surface area (Å²) in [5.74, 6) is 1.16. The molecule has 4 aromatic heterocycles. The molecule has 0 radical (unpaired) electrons. The summed E-state index contributed by atoms with van der Waals surface area (Å²) < 4.78 is 4.69. The molecule has 0 bridgehead atoms. The Kier molecular flexibility index (Phi) is 10.7. The van der Waals surface area contributed by atoms with Crippen molar-refractivity contribution in [3.63, 3.8) is 0 Å². The number of para-hydroxylation sites is 3. The van der Waals surface area contributed by atoms with Gasteiger partial charge in [-0.1, -0.05) is 182 Å². The van der Waals surface area contributed by atoms with Crippen molar-refractivity contribution in [3.05, 3.63) is 266 Å². The van der Waals surface area contributed by atoms with Crippen LogP contribution in [0.25, 0.3) is 134 Å². The molecule has 10 aromatic carbocycles. The van der Waals surface area contributed by atoms with Crippen molar-refractivity contribution < 1.29 is 0 Å². The highest BCUT2D eigenvalue weighted by Gasteiger charge is 2.23. The Bertz CT molecular complexity index is 4410. The standard InChI is InChI=1S/C69H43N7/c70-44-45-33-36-67(57(39-45)69-73-60(48-23-9-3-10-24-48)43-61(74-69)49-25-11-4-12-26-49)76-64-32-18-15-29-54(64)56-40-50(34-37-66(56)76)55-41-51(35-38-65(55)75-62-30-16-13-27-52(62)53-28-14-17-31-63(53)75)68-71-58(46-19-5-1-6-20-46)42-59(72-68)47-21-7-2-8-22-47/h1-43H. The van der Waals surface area contributed by atoms with Crippen LogP contribution in [0, 0.1) is 11.3 Å². The first kappa shape index (κ1) is 44.2. The van der Waals surface area contributed by atoms with Crippen LogP contribution in [0.3, 0.4) is 0 Å². The Labute approximate surface area is 438 Å². The fraction of sp³-hybridized carbons (Fsp3) is 0. The van der Waals surface area contributed by atoms with Gasteiger partial charge in [0.25, 0.3) is 0 Å². The van der Waals surface area contributed by atoms with E-state index in [1.165, 1.54) is 10.8 Å². The molecule has 0 unspecified atom stereocenters. The van der Waals surface area contributed by atoms with Crippen LogP contribution < -0.4 is 0 Å². The lowest BCUT2D eigenvalue weighted by Gasteiger charge is -2.17. The highest BCUT2D eigenvalue weighted by Crippen LogP contribution is 2.43. The zero-order valence-corrected chi connectivity index (χ0v) is 41.0. The van der Waals surface area contributed by atoms with Crippen molar-refractivity contribution in [2.75, 3.05) is 0 Å². The lowest BCUT2D eigenvalue weighted by molar-refractivity contribution is 1.14. The molecule has 354 valence electrons. The van der Waals surface area contributed by atoms with Crippen molar-refractivity contribution >= 4 is 43.6 Å². The van der Waals surface area contributed by atoms with Gasteiger partial charge in [-0.2, -0.15) is 5.26 Å². The highest BCUT2D eigenvalue weighted by molar-refractivity contribution is 6.12. The fourth-order valence-corrected chi connectivity index (χ4v) is 10.8.